The average Bonchev–Trinajstić information content (AvgIpc) is 3.74. The van der Waals surface area contributed by atoms with Gasteiger partial charge in [0.05, 0.1) is 16.7 Å². The van der Waals surface area contributed by atoms with E-state index in [4.69, 9.17) is 9.97 Å². The second-order valence-corrected chi connectivity index (χ2v) is 14.0. The highest BCUT2D eigenvalue weighted by Crippen LogP contribution is 2.53. The smallest absolute Gasteiger partial charge is 0.161 e. The van der Waals surface area contributed by atoms with Gasteiger partial charge in [-0.25, -0.2) is 9.97 Å². The van der Waals surface area contributed by atoms with E-state index >= 15 is 0 Å². The second kappa shape index (κ2) is 9.71. The Balaban J connectivity index is 1.22. The Morgan fingerprint density at radius 3 is 2.21 bits per heavy atom. The number of hydrogen-bond donors (Lipinski definition) is 0. The molecule has 0 saturated carbocycles. The van der Waals surface area contributed by atoms with Crippen LogP contribution in [0.4, 0.5) is 0 Å². The van der Waals surface area contributed by atoms with E-state index in [1.165, 1.54) is 54.1 Å². The molecule has 3 aromatic heterocycles. The minimum absolute atomic E-state index is 0.108. The van der Waals surface area contributed by atoms with Crippen molar-refractivity contribution in [3.8, 4) is 39.5 Å². The molecule has 0 spiro atoms. The number of para-hydroxylation sites is 1. The van der Waals surface area contributed by atoms with Crippen LogP contribution in [0, 0.1) is 0 Å². The second-order valence-electron chi connectivity index (χ2n) is 13.0. The van der Waals surface area contributed by atoms with Crippen molar-refractivity contribution in [2.75, 3.05) is 0 Å². The summed E-state index contributed by atoms with van der Waals surface area (Å²) >= 11 is 1.73. The summed E-state index contributed by atoms with van der Waals surface area (Å²) in [6, 6.07) is 50.2. The van der Waals surface area contributed by atoms with E-state index in [1.807, 2.05) is 0 Å². The normalized spacial score (nSPS) is 13.5. The largest absolute Gasteiger partial charge is 0.309 e. The van der Waals surface area contributed by atoms with Crippen LogP contribution in [0.25, 0.3) is 81.6 Å². The molecule has 47 heavy (non-hydrogen) atoms. The summed E-state index contributed by atoms with van der Waals surface area (Å²) in [5, 5.41) is 4.94. The van der Waals surface area contributed by atoms with Gasteiger partial charge in [0.1, 0.15) is 4.83 Å². The summed E-state index contributed by atoms with van der Waals surface area (Å²) in [7, 11) is 0. The third-order valence-electron chi connectivity index (χ3n) is 10.0. The van der Waals surface area contributed by atoms with Gasteiger partial charge in [-0.2, -0.15) is 0 Å². The molecule has 0 aliphatic heterocycles. The molecule has 3 nitrogen and oxygen atoms in total. The number of thiophene rings is 1. The first-order chi connectivity index (χ1) is 23.1. The van der Waals surface area contributed by atoms with E-state index in [-0.39, 0.29) is 5.41 Å². The van der Waals surface area contributed by atoms with Crippen molar-refractivity contribution < 1.29 is 0 Å². The topological polar surface area (TPSA) is 30.7 Å². The van der Waals surface area contributed by atoms with Gasteiger partial charge in [-0.15, -0.1) is 11.3 Å². The van der Waals surface area contributed by atoms with Gasteiger partial charge in [0, 0.05) is 48.5 Å². The summed E-state index contributed by atoms with van der Waals surface area (Å²) in [5.74, 6) is 0.739. The van der Waals surface area contributed by atoms with Crippen LogP contribution in [-0.4, -0.2) is 14.5 Å². The quantitative estimate of drug-likeness (QED) is 0.197. The highest BCUT2D eigenvalue weighted by atomic mass is 32.1. The SMILES string of the molecule is CC1(C)c2ccccc2-c2ccc3c(c21)c1ccccc1n3-c1cccc(-c2nc(-c3ccccc3)c3c(n2)sc2ccccc23)c1. The van der Waals surface area contributed by atoms with Gasteiger partial charge in [0.15, 0.2) is 5.82 Å². The van der Waals surface area contributed by atoms with Crippen LogP contribution in [0.3, 0.4) is 0 Å². The maximum absolute atomic E-state index is 5.29. The van der Waals surface area contributed by atoms with Crippen molar-refractivity contribution in [3.05, 3.63) is 151 Å². The molecule has 0 fully saturated rings. The zero-order valence-electron chi connectivity index (χ0n) is 26.0. The molecule has 0 bridgehead atoms. The third kappa shape index (κ3) is 3.73. The van der Waals surface area contributed by atoms with Crippen molar-refractivity contribution in [2.24, 2.45) is 0 Å². The Labute approximate surface area is 276 Å². The van der Waals surface area contributed by atoms with Crippen LogP contribution < -0.4 is 0 Å². The third-order valence-corrected chi connectivity index (χ3v) is 11.1. The minimum atomic E-state index is -0.108. The number of aromatic nitrogens is 3. The standard InChI is InChI=1S/C43H29N3S/c1-43(2)33-20-9-6-17-29(33)30-23-24-35-37(39(30)43)31-18-7-10-21-34(31)46(35)28-16-12-15-27(25-28)41-44-40(26-13-4-3-5-14-26)38-32-19-8-11-22-36(32)47-42(38)45-41/h3-25H,1-2H3. The van der Waals surface area contributed by atoms with Gasteiger partial charge < -0.3 is 4.57 Å². The molecule has 9 aromatic rings. The van der Waals surface area contributed by atoms with Crippen molar-refractivity contribution in [3.63, 3.8) is 0 Å². The average molecular weight is 620 g/mol. The Bertz CT molecular complexity index is 2710. The molecule has 10 rings (SSSR count). The fraction of sp³-hybridized carbons (Fsp3) is 0.0698. The van der Waals surface area contributed by atoms with E-state index in [1.54, 1.807) is 11.3 Å². The maximum atomic E-state index is 5.29. The van der Waals surface area contributed by atoms with E-state index < -0.39 is 0 Å². The first-order valence-corrected chi connectivity index (χ1v) is 16.9. The molecular weight excluding hydrogens is 591 g/mol. The van der Waals surface area contributed by atoms with E-state index in [2.05, 4.69) is 158 Å². The Kier molecular flexibility index (Phi) is 5.50. The van der Waals surface area contributed by atoms with Crippen molar-refractivity contribution in [1.82, 2.24) is 14.5 Å². The lowest BCUT2D eigenvalue weighted by Crippen LogP contribution is -2.15. The van der Waals surface area contributed by atoms with Crippen molar-refractivity contribution >= 4 is 53.4 Å². The Hall–Kier alpha value is -5.58. The van der Waals surface area contributed by atoms with Crippen LogP contribution in [0.2, 0.25) is 0 Å². The summed E-state index contributed by atoms with van der Waals surface area (Å²) in [5.41, 5.74) is 12.0. The molecule has 0 amide bonds. The van der Waals surface area contributed by atoms with Gasteiger partial charge in [0.25, 0.3) is 0 Å². The number of fused-ring (bicyclic) bond motifs is 10. The van der Waals surface area contributed by atoms with Crippen LogP contribution in [0.5, 0.6) is 0 Å². The Morgan fingerprint density at radius 1 is 0.574 bits per heavy atom. The first-order valence-electron chi connectivity index (χ1n) is 16.1. The monoisotopic (exact) mass is 619 g/mol. The molecule has 222 valence electrons. The number of rotatable bonds is 3. The minimum Gasteiger partial charge on any atom is -0.309 e. The number of benzene rings is 6. The summed E-state index contributed by atoms with van der Waals surface area (Å²) < 4.78 is 3.65. The van der Waals surface area contributed by atoms with Gasteiger partial charge >= 0.3 is 0 Å². The summed E-state index contributed by atoms with van der Waals surface area (Å²) in [6.07, 6.45) is 0. The van der Waals surface area contributed by atoms with Gasteiger partial charge in [-0.1, -0.05) is 123 Å². The number of nitrogens with zero attached hydrogens (tertiary/aromatic N) is 3. The van der Waals surface area contributed by atoms with Crippen LogP contribution in [0.1, 0.15) is 25.0 Å². The molecule has 4 heteroatoms. The van der Waals surface area contributed by atoms with Crippen molar-refractivity contribution in [1.29, 1.82) is 0 Å². The van der Waals surface area contributed by atoms with Crippen LogP contribution >= 0.6 is 11.3 Å². The predicted octanol–water partition coefficient (Wildman–Crippen LogP) is 11.6. The first kappa shape index (κ1) is 26.6. The molecule has 0 atom stereocenters. The zero-order chi connectivity index (χ0) is 31.3. The van der Waals surface area contributed by atoms with Gasteiger partial charge in [-0.05, 0) is 52.6 Å². The van der Waals surface area contributed by atoms with Crippen LogP contribution in [0.15, 0.2) is 140 Å². The summed E-state index contributed by atoms with van der Waals surface area (Å²) in [4.78, 5) is 11.5. The molecule has 0 radical (unpaired) electrons. The van der Waals surface area contributed by atoms with Crippen LogP contribution in [-0.2, 0) is 5.41 Å². The summed E-state index contributed by atoms with van der Waals surface area (Å²) in [6.45, 7) is 4.74. The van der Waals surface area contributed by atoms with Crippen molar-refractivity contribution in [2.45, 2.75) is 19.3 Å². The fourth-order valence-corrected chi connectivity index (χ4v) is 9.03. The molecule has 1 aliphatic carbocycles. The molecule has 6 aromatic carbocycles. The fourth-order valence-electron chi connectivity index (χ4n) is 7.95. The highest BCUT2D eigenvalue weighted by molar-refractivity contribution is 7.25. The molecule has 0 saturated heterocycles. The molecule has 0 unspecified atom stereocenters. The highest BCUT2D eigenvalue weighted by Gasteiger charge is 2.38. The van der Waals surface area contributed by atoms with Gasteiger partial charge in [0.2, 0.25) is 0 Å². The lowest BCUT2D eigenvalue weighted by atomic mass is 9.80. The number of hydrogen-bond acceptors (Lipinski definition) is 3. The van der Waals surface area contributed by atoms with E-state index in [0.29, 0.717) is 0 Å². The predicted molar refractivity (Wildman–Crippen MR) is 198 cm³/mol. The molecular formula is C43H29N3S. The molecule has 1 aliphatic rings. The molecule has 0 N–H and O–H groups in total. The Morgan fingerprint density at radius 2 is 1.32 bits per heavy atom. The van der Waals surface area contributed by atoms with E-state index in [0.717, 1.165) is 38.5 Å². The zero-order valence-corrected chi connectivity index (χ0v) is 26.8. The van der Waals surface area contributed by atoms with E-state index in [9.17, 15) is 0 Å². The van der Waals surface area contributed by atoms with Gasteiger partial charge in [-0.3, -0.25) is 0 Å². The lowest BCUT2D eigenvalue weighted by Gasteiger charge is -2.22. The lowest BCUT2D eigenvalue weighted by molar-refractivity contribution is 0.666. The maximum Gasteiger partial charge on any atom is 0.161 e. The molecule has 3 heterocycles.